The molecule has 23 heavy (non-hydrogen) atoms. The number of aromatic nitrogens is 2. The number of fused-ring (bicyclic) bond motifs is 1. The highest BCUT2D eigenvalue weighted by molar-refractivity contribution is 5.79. The van der Waals surface area contributed by atoms with Gasteiger partial charge in [0, 0.05) is 6.42 Å². The summed E-state index contributed by atoms with van der Waals surface area (Å²) in [5, 5.41) is 0. The molecule has 0 aliphatic heterocycles. The van der Waals surface area contributed by atoms with Gasteiger partial charge in [-0.15, -0.1) is 0 Å². The number of imidazole rings is 1. The molecule has 1 aromatic carbocycles. The van der Waals surface area contributed by atoms with Gasteiger partial charge in [-0.1, -0.05) is 0 Å². The first-order chi connectivity index (χ1) is 10.7. The summed E-state index contributed by atoms with van der Waals surface area (Å²) in [7, 11) is 0. The Morgan fingerprint density at radius 2 is 2.00 bits per heavy atom. The van der Waals surface area contributed by atoms with Gasteiger partial charge >= 0.3 is 18.1 Å². The lowest BCUT2D eigenvalue weighted by Gasteiger charge is -2.09. The van der Waals surface area contributed by atoms with E-state index in [1.807, 2.05) is 0 Å². The Bertz CT molecular complexity index is 743. The second-order valence-corrected chi connectivity index (χ2v) is 4.43. The van der Waals surface area contributed by atoms with Crippen LogP contribution in [0.15, 0.2) is 18.2 Å². The number of nitrogens with zero attached hydrogens (tertiary/aromatic N) is 1. The van der Waals surface area contributed by atoms with Crippen LogP contribution < -0.4 is 5.73 Å². The third kappa shape index (κ3) is 4.16. The Balaban J connectivity index is 1.95. The van der Waals surface area contributed by atoms with E-state index in [0.29, 0.717) is 11.0 Å². The van der Waals surface area contributed by atoms with E-state index in [1.54, 1.807) is 0 Å². The van der Waals surface area contributed by atoms with Crippen molar-refractivity contribution < 1.29 is 36.9 Å². The van der Waals surface area contributed by atoms with Gasteiger partial charge < -0.3 is 10.7 Å². The minimum absolute atomic E-state index is 0.178. The lowest BCUT2D eigenvalue weighted by Crippen LogP contribution is -2.36. The molecule has 1 heterocycles. The molecule has 0 unspecified atom stereocenters. The van der Waals surface area contributed by atoms with E-state index in [2.05, 4.69) is 19.7 Å². The summed E-state index contributed by atoms with van der Waals surface area (Å²) in [4.78, 5) is 35.5. The highest BCUT2D eigenvalue weighted by atomic mass is 19.4. The molecule has 0 aliphatic rings. The van der Waals surface area contributed by atoms with E-state index >= 15 is 0 Å². The summed E-state index contributed by atoms with van der Waals surface area (Å²) in [6.45, 7) is 0. The number of benzene rings is 1. The summed E-state index contributed by atoms with van der Waals surface area (Å²) in [5.41, 5.74) is 6.17. The molecule has 0 saturated heterocycles. The molecule has 7 nitrogen and oxygen atoms in total. The van der Waals surface area contributed by atoms with Gasteiger partial charge in [0.2, 0.25) is 0 Å². The van der Waals surface area contributed by atoms with Gasteiger partial charge in [-0.05, 0) is 18.2 Å². The van der Waals surface area contributed by atoms with Crippen molar-refractivity contribution in [1.29, 1.82) is 0 Å². The molecule has 2 aromatic rings. The average Bonchev–Trinajstić information content (AvgIpc) is 2.84. The number of nitrogens with one attached hydrogen (secondary N) is 1. The number of hydrogen-bond donors (Lipinski definition) is 2. The quantitative estimate of drug-likeness (QED) is 0.495. The van der Waals surface area contributed by atoms with Gasteiger partial charge in [-0.25, -0.2) is 28.7 Å². The van der Waals surface area contributed by atoms with E-state index in [-0.39, 0.29) is 12.2 Å². The second kappa shape index (κ2) is 6.20. The van der Waals surface area contributed by atoms with Gasteiger partial charge in [0.1, 0.15) is 17.7 Å². The first kappa shape index (κ1) is 16.7. The number of hydrogen-bond acceptors (Lipinski definition) is 6. The predicted molar refractivity (Wildman–Crippen MR) is 66.0 cm³/mol. The highest BCUT2D eigenvalue weighted by Gasteiger charge is 2.43. The Kier molecular flexibility index (Phi) is 4.50. The van der Waals surface area contributed by atoms with Crippen LogP contribution in [-0.4, -0.2) is 34.1 Å². The van der Waals surface area contributed by atoms with Gasteiger partial charge in [0.15, 0.2) is 0 Å². The molecule has 0 aliphatic carbocycles. The van der Waals surface area contributed by atoms with Crippen LogP contribution in [-0.2, 0) is 25.8 Å². The molecular weight excluding hydrogens is 326 g/mol. The largest absolute Gasteiger partial charge is 0.495 e. The normalized spacial score (nSPS) is 12.9. The van der Waals surface area contributed by atoms with E-state index in [0.717, 1.165) is 0 Å². The molecule has 0 saturated carbocycles. The molecule has 0 spiro atoms. The topological polar surface area (TPSA) is 107 Å². The third-order valence-electron chi connectivity index (χ3n) is 2.64. The third-order valence-corrected chi connectivity index (χ3v) is 2.64. The Labute approximate surface area is 125 Å². The highest BCUT2D eigenvalue weighted by Crippen LogP contribution is 2.17. The van der Waals surface area contributed by atoms with Crippen LogP contribution in [0.1, 0.15) is 5.82 Å². The van der Waals surface area contributed by atoms with E-state index in [1.165, 1.54) is 18.2 Å². The Morgan fingerprint density at radius 3 is 2.65 bits per heavy atom. The van der Waals surface area contributed by atoms with Gasteiger partial charge in [0.25, 0.3) is 0 Å². The van der Waals surface area contributed by atoms with Crippen molar-refractivity contribution in [2.45, 2.75) is 18.6 Å². The molecule has 11 heteroatoms. The maximum absolute atomic E-state index is 13.0. The zero-order valence-electron chi connectivity index (χ0n) is 11.2. The minimum atomic E-state index is -5.30. The summed E-state index contributed by atoms with van der Waals surface area (Å²) < 4.78 is 48.6. The molecule has 1 atom stereocenters. The lowest BCUT2D eigenvalue weighted by atomic mass is 10.2. The van der Waals surface area contributed by atoms with E-state index in [9.17, 15) is 27.2 Å². The molecule has 2 rings (SSSR count). The molecular formula is C12H9F4N3O4. The van der Waals surface area contributed by atoms with E-state index < -0.39 is 30.0 Å². The van der Waals surface area contributed by atoms with Crippen LogP contribution in [0.25, 0.3) is 11.0 Å². The molecule has 1 aromatic heterocycles. The molecule has 0 bridgehead atoms. The maximum atomic E-state index is 13.0. The first-order valence-corrected chi connectivity index (χ1v) is 6.06. The SMILES string of the molecule is N[C@H](Cc1nc2ccc(F)cc2[nH]1)C(=O)OOC(=O)C(F)(F)F. The van der Waals surface area contributed by atoms with Crippen molar-refractivity contribution in [2.24, 2.45) is 5.73 Å². The average molecular weight is 335 g/mol. The van der Waals surface area contributed by atoms with Crippen molar-refractivity contribution in [3.63, 3.8) is 0 Å². The van der Waals surface area contributed by atoms with Crippen LogP contribution in [0, 0.1) is 5.82 Å². The van der Waals surface area contributed by atoms with Crippen molar-refractivity contribution in [1.82, 2.24) is 9.97 Å². The van der Waals surface area contributed by atoms with Crippen molar-refractivity contribution >= 4 is 23.0 Å². The molecule has 124 valence electrons. The summed E-state index contributed by atoms with van der Waals surface area (Å²) >= 11 is 0. The molecule has 3 N–H and O–H groups in total. The van der Waals surface area contributed by atoms with Crippen LogP contribution in [0.3, 0.4) is 0 Å². The number of H-pyrrole nitrogens is 1. The number of aromatic amines is 1. The zero-order valence-corrected chi connectivity index (χ0v) is 11.2. The van der Waals surface area contributed by atoms with Crippen LogP contribution in [0.5, 0.6) is 0 Å². The van der Waals surface area contributed by atoms with Gasteiger partial charge in [0.05, 0.1) is 11.0 Å². The fourth-order valence-electron chi connectivity index (χ4n) is 1.61. The number of nitrogens with two attached hydrogens (primary N) is 1. The number of rotatable bonds is 3. The smallest absolute Gasteiger partial charge is 0.342 e. The van der Waals surface area contributed by atoms with Crippen LogP contribution in [0.4, 0.5) is 17.6 Å². The van der Waals surface area contributed by atoms with Crippen molar-refractivity contribution in [3.05, 3.63) is 29.8 Å². The monoisotopic (exact) mass is 335 g/mol. The maximum Gasteiger partial charge on any atom is 0.495 e. The summed E-state index contributed by atoms with van der Waals surface area (Å²) in [5.74, 6) is -4.40. The Hall–Kier alpha value is -2.69. The van der Waals surface area contributed by atoms with Gasteiger partial charge in [-0.3, -0.25) is 0 Å². The van der Waals surface area contributed by atoms with Crippen molar-refractivity contribution in [2.75, 3.05) is 0 Å². The second-order valence-electron chi connectivity index (χ2n) is 4.43. The predicted octanol–water partition coefficient (Wildman–Crippen LogP) is 1.14. The standard InChI is InChI=1S/C12H9F4N3O4/c13-5-1-2-7-8(3-5)19-9(18-7)4-6(17)10(20)22-23-11(21)12(14,15)16/h1-3,6H,4,17H2,(H,18,19)/t6-/m1/s1. The number of carbonyl (C=O) groups excluding carboxylic acids is 2. The van der Waals surface area contributed by atoms with Crippen LogP contribution >= 0.6 is 0 Å². The fourth-order valence-corrected chi connectivity index (χ4v) is 1.61. The summed E-state index contributed by atoms with van der Waals surface area (Å²) in [6, 6.07) is 2.29. The first-order valence-electron chi connectivity index (χ1n) is 6.06. The number of carbonyl (C=O) groups is 2. The van der Waals surface area contributed by atoms with Crippen molar-refractivity contribution in [3.8, 4) is 0 Å². The van der Waals surface area contributed by atoms with Gasteiger partial charge in [-0.2, -0.15) is 13.2 Å². The Morgan fingerprint density at radius 1 is 1.30 bits per heavy atom. The fraction of sp³-hybridized carbons (Fsp3) is 0.250. The molecule has 0 radical (unpaired) electrons. The number of halogens is 4. The summed E-state index contributed by atoms with van der Waals surface area (Å²) in [6.07, 6.45) is -5.55. The lowest BCUT2D eigenvalue weighted by molar-refractivity contribution is -0.286. The van der Waals surface area contributed by atoms with Crippen LogP contribution in [0.2, 0.25) is 0 Å². The number of alkyl halides is 3. The minimum Gasteiger partial charge on any atom is -0.342 e. The molecule has 0 fully saturated rings. The zero-order chi connectivity index (χ0) is 17.2. The molecule has 0 amide bonds. The van der Waals surface area contributed by atoms with E-state index in [4.69, 9.17) is 5.73 Å².